The van der Waals surface area contributed by atoms with E-state index in [0.29, 0.717) is 35.3 Å². The second kappa shape index (κ2) is 7.87. The molecule has 0 aliphatic heterocycles. The Morgan fingerprint density at radius 2 is 1.80 bits per heavy atom. The first-order valence-corrected chi connectivity index (χ1v) is 9.31. The van der Waals surface area contributed by atoms with Gasteiger partial charge in [0.1, 0.15) is 0 Å². The van der Waals surface area contributed by atoms with Crippen molar-refractivity contribution in [1.82, 2.24) is 14.3 Å². The summed E-state index contributed by atoms with van der Waals surface area (Å²) in [4.78, 5) is 32.9. The summed E-state index contributed by atoms with van der Waals surface area (Å²) >= 11 is 0. The number of anilines is 1. The van der Waals surface area contributed by atoms with Crippen LogP contribution in [0.3, 0.4) is 0 Å². The number of ketones is 2. The fourth-order valence-corrected chi connectivity index (χ4v) is 4.37. The molecular weight excluding hydrogens is 423 g/mol. The number of carbonyl (C=O) groups is 2. The number of benzene rings is 2. The zero-order chi connectivity index (χ0) is 19.6. The van der Waals surface area contributed by atoms with Crippen LogP contribution in [0.5, 0.6) is 0 Å². The number of nitrogens with two attached hydrogens (primary N) is 1. The maximum absolute atomic E-state index is 13.5. The van der Waals surface area contributed by atoms with Crippen LogP contribution in [0.1, 0.15) is 27.1 Å². The molecule has 0 fully saturated rings. The monoisotopic (exact) mass is 444 g/mol. The van der Waals surface area contributed by atoms with E-state index in [1.165, 1.54) is 0 Å². The molecule has 8 heteroatoms. The zero-order valence-corrected chi connectivity index (χ0v) is 18.2. The van der Waals surface area contributed by atoms with Crippen molar-refractivity contribution in [2.45, 2.75) is 6.42 Å². The molecule has 156 valence electrons. The minimum Gasteiger partial charge on any atom is -0.398 e. The van der Waals surface area contributed by atoms with Crippen molar-refractivity contribution in [3.63, 3.8) is 0 Å². The van der Waals surface area contributed by atoms with Gasteiger partial charge in [0.2, 0.25) is 0 Å². The largest absolute Gasteiger partial charge is 0.398 e. The van der Waals surface area contributed by atoms with E-state index in [-0.39, 0.29) is 36.4 Å². The van der Waals surface area contributed by atoms with Gasteiger partial charge in [-0.15, -0.1) is 24.8 Å². The number of hydrogen-bond acceptors (Lipinski definition) is 5. The van der Waals surface area contributed by atoms with Gasteiger partial charge in [0.25, 0.3) is 0 Å². The number of hydrogen-bond donors (Lipinski definition) is 1. The van der Waals surface area contributed by atoms with Crippen molar-refractivity contribution in [2.75, 3.05) is 26.4 Å². The molecule has 0 radical (unpaired) electrons. The average molecular weight is 445 g/mol. The predicted octanol–water partition coefficient (Wildman–Crippen LogP) is 4.01. The molecular formula is C22H22Cl2N4O2. The van der Waals surface area contributed by atoms with Crippen LogP contribution in [0.2, 0.25) is 0 Å². The van der Waals surface area contributed by atoms with Crippen molar-refractivity contribution in [3.05, 3.63) is 54.0 Å². The first-order chi connectivity index (χ1) is 13.5. The fraction of sp³-hybridized carbons (Fsp3) is 0.227. The van der Waals surface area contributed by atoms with Gasteiger partial charge in [-0.25, -0.2) is 4.98 Å². The number of Topliss-reactive ketones (excluding diaryl/α,β-unsaturated/α-hetero) is 2. The molecule has 0 saturated carbocycles. The third-order valence-electron chi connectivity index (χ3n) is 5.69. The smallest absolute Gasteiger partial charge is 0.177 e. The Balaban J connectivity index is 0.00000128. The molecule has 2 aromatic carbocycles. The van der Waals surface area contributed by atoms with Crippen LogP contribution in [-0.2, 0) is 0 Å². The Hall–Kier alpha value is -2.67. The number of halogens is 2. The third-order valence-corrected chi connectivity index (χ3v) is 5.69. The Morgan fingerprint density at radius 1 is 1.10 bits per heavy atom. The second-order valence-electron chi connectivity index (χ2n) is 7.68. The molecule has 6 nitrogen and oxygen atoms in total. The molecule has 5 rings (SSSR count). The number of nitrogens with zero attached hydrogens (tertiary/aromatic N) is 3. The van der Waals surface area contributed by atoms with E-state index in [1.54, 1.807) is 12.5 Å². The van der Waals surface area contributed by atoms with Gasteiger partial charge in [0.05, 0.1) is 34.4 Å². The van der Waals surface area contributed by atoms with Gasteiger partial charge in [0, 0.05) is 22.7 Å². The summed E-state index contributed by atoms with van der Waals surface area (Å²) < 4.78 is 1.83. The standard InChI is InChI=1S/C22H20N4O2.2ClH/c1-25(2)8-7-14-21(27)15-10-24-11-26-17-9-16(23)12-5-3-4-6-13(12)18(17)19(20(15)26)22(14)28;;/h3-6,9-11,14H,7-8,23H2,1-2H3;2*1H. The molecule has 1 aliphatic rings. The molecule has 0 bridgehead atoms. The Labute approximate surface area is 185 Å². The van der Waals surface area contributed by atoms with Crippen molar-refractivity contribution in [3.8, 4) is 0 Å². The van der Waals surface area contributed by atoms with Crippen molar-refractivity contribution >= 4 is 69.3 Å². The number of rotatable bonds is 3. The minimum absolute atomic E-state index is 0. The Kier molecular flexibility index (Phi) is 5.78. The summed E-state index contributed by atoms with van der Waals surface area (Å²) in [5, 5.41) is 2.69. The van der Waals surface area contributed by atoms with Crippen LogP contribution >= 0.6 is 24.8 Å². The minimum atomic E-state index is -0.676. The molecule has 0 amide bonds. The van der Waals surface area contributed by atoms with Gasteiger partial charge in [0.15, 0.2) is 11.6 Å². The molecule has 2 aromatic heterocycles. The Bertz CT molecular complexity index is 1310. The number of nitrogen functional groups attached to an aromatic ring is 1. The zero-order valence-electron chi connectivity index (χ0n) is 16.6. The van der Waals surface area contributed by atoms with E-state index in [0.717, 1.165) is 21.7 Å². The highest BCUT2D eigenvalue weighted by Crippen LogP contribution is 2.41. The van der Waals surface area contributed by atoms with Crippen molar-refractivity contribution in [2.24, 2.45) is 5.92 Å². The van der Waals surface area contributed by atoms with Gasteiger partial charge in [-0.1, -0.05) is 24.3 Å². The summed E-state index contributed by atoms with van der Waals surface area (Å²) in [7, 11) is 3.88. The van der Waals surface area contributed by atoms with E-state index in [9.17, 15) is 9.59 Å². The number of aromatic nitrogens is 2. The van der Waals surface area contributed by atoms with Crippen LogP contribution in [0.25, 0.3) is 27.2 Å². The highest BCUT2D eigenvalue weighted by atomic mass is 35.5. The Morgan fingerprint density at radius 3 is 2.50 bits per heavy atom. The summed E-state index contributed by atoms with van der Waals surface area (Å²) in [5.41, 5.74) is 9.53. The van der Waals surface area contributed by atoms with Gasteiger partial charge in [-0.3, -0.25) is 14.0 Å². The number of carbonyl (C=O) groups excluding carboxylic acids is 2. The summed E-state index contributed by atoms with van der Waals surface area (Å²) in [6.07, 6.45) is 3.73. The summed E-state index contributed by atoms with van der Waals surface area (Å²) in [6.45, 7) is 0.667. The molecule has 0 spiro atoms. The molecule has 1 unspecified atom stereocenters. The van der Waals surface area contributed by atoms with Crippen LogP contribution in [0, 0.1) is 5.92 Å². The molecule has 1 aliphatic carbocycles. The van der Waals surface area contributed by atoms with Gasteiger partial charge >= 0.3 is 0 Å². The van der Waals surface area contributed by atoms with E-state index >= 15 is 0 Å². The molecule has 2 heterocycles. The molecule has 1 atom stereocenters. The lowest BCUT2D eigenvalue weighted by Crippen LogP contribution is -2.32. The lowest BCUT2D eigenvalue weighted by Gasteiger charge is -2.22. The van der Waals surface area contributed by atoms with Crippen LogP contribution in [0.15, 0.2) is 42.9 Å². The molecule has 4 aromatic rings. The van der Waals surface area contributed by atoms with E-state index in [2.05, 4.69) is 4.98 Å². The molecule has 30 heavy (non-hydrogen) atoms. The predicted molar refractivity (Wildman–Crippen MR) is 124 cm³/mol. The maximum atomic E-state index is 13.5. The van der Waals surface area contributed by atoms with Crippen molar-refractivity contribution < 1.29 is 9.59 Å². The van der Waals surface area contributed by atoms with Crippen molar-refractivity contribution in [1.29, 1.82) is 0 Å². The van der Waals surface area contributed by atoms with E-state index < -0.39 is 5.92 Å². The second-order valence-corrected chi connectivity index (χ2v) is 7.68. The van der Waals surface area contributed by atoms with Crippen LogP contribution in [0.4, 0.5) is 5.69 Å². The van der Waals surface area contributed by atoms with Crippen LogP contribution in [-0.4, -0.2) is 46.5 Å². The average Bonchev–Trinajstić information content (AvgIpc) is 3.02. The van der Waals surface area contributed by atoms with Gasteiger partial charge < -0.3 is 10.6 Å². The summed E-state index contributed by atoms with van der Waals surface area (Å²) in [5.74, 6) is -0.921. The normalized spacial score (nSPS) is 15.6. The fourth-order valence-electron chi connectivity index (χ4n) is 4.37. The lowest BCUT2D eigenvalue weighted by molar-refractivity contribution is 0.0788. The SMILES string of the molecule is CN(C)CCC1C(=O)c2cncn3c2c(c2c4ccccc4c(N)cc23)C1=O.Cl.Cl. The lowest BCUT2D eigenvalue weighted by atomic mass is 9.81. The quantitative estimate of drug-likeness (QED) is 0.381. The highest BCUT2D eigenvalue weighted by molar-refractivity contribution is 6.33. The molecule has 0 saturated heterocycles. The van der Waals surface area contributed by atoms with Crippen LogP contribution < -0.4 is 5.73 Å². The van der Waals surface area contributed by atoms with E-state index in [1.807, 2.05) is 53.7 Å². The molecule has 2 N–H and O–H groups in total. The summed E-state index contributed by atoms with van der Waals surface area (Å²) in [6, 6.07) is 9.69. The third kappa shape index (κ3) is 2.95. The van der Waals surface area contributed by atoms with Gasteiger partial charge in [-0.2, -0.15) is 0 Å². The topological polar surface area (TPSA) is 80.7 Å². The maximum Gasteiger partial charge on any atom is 0.177 e. The highest BCUT2D eigenvalue weighted by Gasteiger charge is 2.39. The number of fused-ring (bicyclic) bond motifs is 5. The first-order valence-electron chi connectivity index (χ1n) is 9.31. The first kappa shape index (κ1) is 22.0. The van der Waals surface area contributed by atoms with Gasteiger partial charge in [-0.05, 0) is 38.5 Å². The van der Waals surface area contributed by atoms with E-state index in [4.69, 9.17) is 5.73 Å².